The maximum absolute atomic E-state index is 14.6. The van der Waals surface area contributed by atoms with E-state index in [0.29, 0.717) is 21.3 Å². The standard InChI is InChI=1S/C33H23BrClFN4O3S2/c34-22-14-12-20(13-15-22)29-18-45-33(39-29)40-30(41)19-44-24-9-4-8-23(16-24)37-32(43)28(17-25-26(35)10-5-11-27(25)36)38-31(42)21-6-2-1-3-7-21/h1-18H,19H2,(H,37,43)(H,38,42)(H,39,40,41)/b28-17+. The summed E-state index contributed by atoms with van der Waals surface area (Å²) in [7, 11) is 0. The van der Waals surface area contributed by atoms with E-state index in [9.17, 15) is 18.8 Å². The lowest BCUT2D eigenvalue weighted by atomic mass is 10.1. The molecule has 0 saturated heterocycles. The Hall–Kier alpha value is -4.29. The molecule has 0 spiro atoms. The van der Waals surface area contributed by atoms with Gasteiger partial charge in [-0.2, -0.15) is 0 Å². The van der Waals surface area contributed by atoms with E-state index in [4.69, 9.17) is 11.6 Å². The van der Waals surface area contributed by atoms with Crippen molar-refractivity contribution in [2.45, 2.75) is 4.90 Å². The zero-order valence-corrected chi connectivity index (χ0v) is 27.2. The van der Waals surface area contributed by atoms with Gasteiger partial charge in [0.2, 0.25) is 5.91 Å². The number of aromatic nitrogens is 1. The Balaban J connectivity index is 1.24. The molecule has 0 unspecified atom stereocenters. The first-order valence-electron chi connectivity index (χ1n) is 13.3. The number of benzene rings is 4. The maximum atomic E-state index is 14.6. The molecule has 0 aliphatic carbocycles. The zero-order chi connectivity index (χ0) is 31.8. The van der Waals surface area contributed by atoms with Crippen LogP contribution in [0.15, 0.2) is 118 Å². The van der Waals surface area contributed by atoms with E-state index in [0.717, 1.165) is 15.7 Å². The predicted octanol–water partition coefficient (Wildman–Crippen LogP) is 8.51. The summed E-state index contributed by atoms with van der Waals surface area (Å²) in [6.07, 6.45) is 1.19. The molecule has 3 amide bonds. The largest absolute Gasteiger partial charge is 0.321 e. The number of hydrogen-bond acceptors (Lipinski definition) is 6. The van der Waals surface area contributed by atoms with Gasteiger partial charge >= 0.3 is 0 Å². The normalized spacial score (nSPS) is 11.1. The van der Waals surface area contributed by atoms with Gasteiger partial charge in [0, 0.05) is 37.1 Å². The van der Waals surface area contributed by atoms with Gasteiger partial charge in [0.05, 0.1) is 16.5 Å². The van der Waals surface area contributed by atoms with Crippen molar-refractivity contribution < 1.29 is 18.8 Å². The van der Waals surface area contributed by atoms with Crippen LogP contribution in [-0.4, -0.2) is 28.5 Å². The SMILES string of the molecule is O=C(CSc1cccc(NC(=O)/C(=C\c2c(F)cccc2Cl)NC(=O)c2ccccc2)c1)Nc1nc(-c2ccc(Br)cc2)cs1. The van der Waals surface area contributed by atoms with Crippen molar-refractivity contribution in [1.82, 2.24) is 10.3 Å². The van der Waals surface area contributed by atoms with Crippen LogP contribution in [0.5, 0.6) is 0 Å². The molecule has 0 aliphatic heterocycles. The highest BCUT2D eigenvalue weighted by atomic mass is 79.9. The number of thiazole rings is 1. The molecule has 0 saturated carbocycles. The Morgan fingerprint density at radius 2 is 1.69 bits per heavy atom. The number of carbonyl (C=O) groups is 3. The van der Waals surface area contributed by atoms with Gasteiger partial charge in [0.1, 0.15) is 11.5 Å². The van der Waals surface area contributed by atoms with Crippen LogP contribution >= 0.6 is 50.6 Å². The van der Waals surface area contributed by atoms with Crippen molar-refractivity contribution in [2.24, 2.45) is 0 Å². The van der Waals surface area contributed by atoms with Crippen LogP contribution in [0.1, 0.15) is 15.9 Å². The van der Waals surface area contributed by atoms with E-state index in [1.807, 2.05) is 29.6 Å². The Kier molecular flexibility index (Phi) is 10.8. The van der Waals surface area contributed by atoms with Gasteiger partial charge in [-0.15, -0.1) is 23.1 Å². The van der Waals surface area contributed by atoms with Crippen molar-refractivity contribution >= 4 is 85.2 Å². The third-order valence-electron chi connectivity index (χ3n) is 6.17. The van der Waals surface area contributed by atoms with Crippen molar-refractivity contribution in [3.63, 3.8) is 0 Å². The van der Waals surface area contributed by atoms with Crippen LogP contribution in [-0.2, 0) is 9.59 Å². The number of carbonyl (C=O) groups excluding carboxylic acids is 3. The predicted molar refractivity (Wildman–Crippen MR) is 183 cm³/mol. The summed E-state index contributed by atoms with van der Waals surface area (Å²) < 4.78 is 15.5. The second kappa shape index (κ2) is 15.1. The van der Waals surface area contributed by atoms with Gasteiger partial charge in [0.15, 0.2) is 5.13 Å². The van der Waals surface area contributed by atoms with Crippen molar-refractivity contribution in [3.05, 3.63) is 135 Å². The first-order chi connectivity index (χ1) is 21.7. The van der Waals surface area contributed by atoms with Gasteiger partial charge in [-0.25, -0.2) is 9.37 Å². The zero-order valence-electron chi connectivity index (χ0n) is 23.2. The van der Waals surface area contributed by atoms with E-state index in [2.05, 4.69) is 36.9 Å². The first-order valence-corrected chi connectivity index (χ1v) is 16.4. The average molecular weight is 722 g/mol. The van der Waals surface area contributed by atoms with E-state index in [1.165, 1.54) is 47.4 Å². The minimum atomic E-state index is -0.691. The van der Waals surface area contributed by atoms with Crippen LogP contribution in [0.3, 0.4) is 0 Å². The van der Waals surface area contributed by atoms with Gasteiger partial charge in [0.25, 0.3) is 11.8 Å². The highest BCUT2D eigenvalue weighted by molar-refractivity contribution is 9.10. The Morgan fingerprint density at radius 1 is 0.933 bits per heavy atom. The van der Waals surface area contributed by atoms with Gasteiger partial charge in [-0.05, 0) is 60.7 Å². The van der Waals surface area contributed by atoms with Crippen LogP contribution in [0.25, 0.3) is 17.3 Å². The summed E-state index contributed by atoms with van der Waals surface area (Å²) in [6.45, 7) is 0. The van der Waals surface area contributed by atoms with E-state index in [1.54, 1.807) is 54.6 Å². The molecule has 3 N–H and O–H groups in total. The molecule has 45 heavy (non-hydrogen) atoms. The second-order valence-electron chi connectivity index (χ2n) is 9.38. The molecule has 1 heterocycles. The molecule has 0 fully saturated rings. The topological polar surface area (TPSA) is 100 Å². The summed E-state index contributed by atoms with van der Waals surface area (Å²) in [5, 5.41) is 10.6. The third-order valence-corrected chi connectivity index (χ3v) is 8.78. The average Bonchev–Trinajstić information content (AvgIpc) is 3.50. The summed E-state index contributed by atoms with van der Waals surface area (Å²) in [6, 6.07) is 27.1. The molecule has 12 heteroatoms. The Labute approximate surface area is 280 Å². The van der Waals surface area contributed by atoms with E-state index in [-0.39, 0.29) is 27.9 Å². The van der Waals surface area contributed by atoms with Gasteiger partial charge in [-0.1, -0.05) is 70.0 Å². The van der Waals surface area contributed by atoms with Gasteiger partial charge < -0.3 is 16.0 Å². The van der Waals surface area contributed by atoms with Crippen LogP contribution in [0.4, 0.5) is 15.2 Å². The molecule has 4 aromatic carbocycles. The maximum Gasteiger partial charge on any atom is 0.272 e. The third kappa shape index (κ3) is 8.89. The molecule has 0 atom stereocenters. The number of rotatable bonds is 10. The molecule has 7 nitrogen and oxygen atoms in total. The van der Waals surface area contributed by atoms with Crippen LogP contribution in [0, 0.1) is 5.82 Å². The number of anilines is 2. The second-order valence-corrected chi connectivity index (χ2v) is 12.6. The molecule has 1 aromatic heterocycles. The number of amides is 3. The fourth-order valence-electron chi connectivity index (χ4n) is 3.99. The lowest BCUT2D eigenvalue weighted by Gasteiger charge is -2.13. The lowest BCUT2D eigenvalue weighted by Crippen LogP contribution is -2.30. The molecule has 0 aliphatic rings. The molecule has 0 radical (unpaired) electrons. The first kappa shape index (κ1) is 32.1. The minimum Gasteiger partial charge on any atom is -0.321 e. The molecule has 5 rings (SSSR count). The number of halogens is 3. The monoisotopic (exact) mass is 720 g/mol. The van der Waals surface area contributed by atoms with Crippen molar-refractivity contribution in [3.8, 4) is 11.3 Å². The smallest absolute Gasteiger partial charge is 0.272 e. The number of thioether (sulfide) groups is 1. The summed E-state index contributed by atoms with van der Waals surface area (Å²) in [5.41, 5.74) is 2.18. The number of nitrogens with zero attached hydrogens (tertiary/aromatic N) is 1. The van der Waals surface area contributed by atoms with Gasteiger partial charge in [-0.3, -0.25) is 14.4 Å². The molecular formula is C33H23BrClFN4O3S2. The summed E-state index contributed by atoms with van der Waals surface area (Å²) >= 11 is 12.2. The number of nitrogens with one attached hydrogen (secondary N) is 3. The number of hydrogen-bond donors (Lipinski definition) is 3. The lowest BCUT2D eigenvalue weighted by molar-refractivity contribution is -0.114. The highest BCUT2D eigenvalue weighted by Crippen LogP contribution is 2.27. The summed E-state index contributed by atoms with van der Waals surface area (Å²) in [4.78, 5) is 44.1. The van der Waals surface area contributed by atoms with Crippen molar-refractivity contribution in [2.75, 3.05) is 16.4 Å². The molecular weight excluding hydrogens is 699 g/mol. The molecule has 5 aromatic rings. The minimum absolute atomic E-state index is 0.0443. The Morgan fingerprint density at radius 3 is 2.44 bits per heavy atom. The van der Waals surface area contributed by atoms with Crippen molar-refractivity contribution in [1.29, 1.82) is 0 Å². The van der Waals surface area contributed by atoms with Crippen LogP contribution < -0.4 is 16.0 Å². The van der Waals surface area contributed by atoms with Crippen LogP contribution in [0.2, 0.25) is 5.02 Å². The molecule has 0 bridgehead atoms. The Bertz CT molecular complexity index is 1860. The highest BCUT2D eigenvalue weighted by Gasteiger charge is 2.17. The summed E-state index contributed by atoms with van der Waals surface area (Å²) in [5.74, 6) is -2.02. The molecule has 226 valence electrons. The fourth-order valence-corrected chi connectivity index (χ4v) is 5.96. The van der Waals surface area contributed by atoms with E-state index < -0.39 is 17.6 Å². The van der Waals surface area contributed by atoms with E-state index >= 15 is 0 Å². The quantitative estimate of drug-likeness (QED) is 0.0993. The fraction of sp³-hybridized carbons (Fsp3) is 0.0303.